The van der Waals surface area contributed by atoms with E-state index in [9.17, 15) is 0 Å². The summed E-state index contributed by atoms with van der Waals surface area (Å²) in [5, 5.41) is 0. The first kappa shape index (κ1) is 29.0. The predicted octanol–water partition coefficient (Wildman–Crippen LogP) is 7.29. The highest BCUT2D eigenvalue weighted by Crippen LogP contribution is 2.19. The summed E-state index contributed by atoms with van der Waals surface area (Å²) in [6, 6.07) is 6.41. The SMILES string of the molecule is C=C(C)OCCC.CC.CCCOc1ccc(CC)cc1C.CCc1cnc[nH]1. The van der Waals surface area contributed by atoms with Gasteiger partial charge in [0.25, 0.3) is 0 Å². The van der Waals surface area contributed by atoms with Gasteiger partial charge in [-0.15, -0.1) is 0 Å². The second-order valence-electron chi connectivity index (χ2n) is 6.28. The van der Waals surface area contributed by atoms with Gasteiger partial charge in [0.2, 0.25) is 0 Å². The second-order valence-corrected chi connectivity index (χ2v) is 6.28. The Labute approximate surface area is 179 Å². The van der Waals surface area contributed by atoms with E-state index in [-0.39, 0.29) is 0 Å². The van der Waals surface area contributed by atoms with Gasteiger partial charge in [-0.3, -0.25) is 0 Å². The fraction of sp³-hybridized carbons (Fsp3) is 0.560. The highest BCUT2D eigenvalue weighted by molar-refractivity contribution is 5.36. The average Bonchev–Trinajstić information content (AvgIpc) is 3.27. The van der Waals surface area contributed by atoms with E-state index < -0.39 is 0 Å². The summed E-state index contributed by atoms with van der Waals surface area (Å²) in [5.74, 6) is 1.83. The molecule has 2 rings (SSSR count). The zero-order valence-electron chi connectivity index (χ0n) is 20.1. The van der Waals surface area contributed by atoms with Gasteiger partial charge in [0.1, 0.15) is 5.75 Å². The van der Waals surface area contributed by atoms with E-state index in [0.717, 1.165) is 50.4 Å². The number of hydrogen-bond donors (Lipinski definition) is 1. The molecule has 166 valence electrons. The van der Waals surface area contributed by atoms with Crippen LogP contribution in [0.2, 0.25) is 0 Å². The Kier molecular flexibility index (Phi) is 20.5. The number of benzene rings is 1. The molecular formula is C25H44N2O2. The van der Waals surface area contributed by atoms with Gasteiger partial charge < -0.3 is 14.5 Å². The Bertz CT molecular complexity index is 607. The van der Waals surface area contributed by atoms with E-state index in [1.165, 1.54) is 16.8 Å². The molecule has 0 amide bonds. The van der Waals surface area contributed by atoms with Crippen molar-refractivity contribution in [1.82, 2.24) is 9.97 Å². The van der Waals surface area contributed by atoms with Crippen LogP contribution in [0, 0.1) is 6.92 Å². The molecule has 4 heteroatoms. The molecule has 29 heavy (non-hydrogen) atoms. The molecule has 1 aromatic carbocycles. The van der Waals surface area contributed by atoms with Gasteiger partial charge in [0.15, 0.2) is 0 Å². The zero-order chi connectivity index (χ0) is 22.5. The van der Waals surface area contributed by atoms with Gasteiger partial charge >= 0.3 is 0 Å². The summed E-state index contributed by atoms with van der Waals surface area (Å²) in [6.45, 7) is 21.6. The number of nitrogens with zero attached hydrogens (tertiary/aromatic N) is 1. The van der Waals surface area contributed by atoms with Gasteiger partial charge in [-0.1, -0.05) is 60.3 Å². The summed E-state index contributed by atoms with van der Waals surface area (Å²) in [6.07, 6.45) is 7.79. The van der Waals surface area contributed by atoms with Crippen molar-refractivity contribution in [2.45, 2.75) is 81.1 Å². The number of aromatic nitrogens is 2. The third-order valence-corrected chi connectivity index (χ3v) is 3.60. The van der Waals surface area contributed by atoms with Crippen LogP contribution in [0.5, 0.6) is 5.75 Å². The summed E-state index contributed by atoms with van der Waals surface area (Å²) < 4.78 is 10.6. The summed E-state index contributed by atoms with van der Waals surface area (Å²) in [7, 11) is 0. The lowest BCUT2D eigenvalue weighted by Gasteiger charge is -2.08. The number of aryl methyl sites for hydroxylation is 3. The Morgan fingerprint density at radius 1 is 1.03 bits per heavy atom. The number of imidazole rings is 1. The van der Waals surface area contributed by atoms with Crippen molar-refractivity contribution < 1.29 is 9.47 Å². The van der Waals surface area contributed by atoms with Gasteiger partial charge in [-0.05, 0) is 56.7 Å². The molecule has 0 saturated heterocycles. The average molecular weight is 405 g/mol. The maximum atomic E-state index is 5.59. The molecule has 0 unspecified atom stereocenters. The maximum Gasteiger partial charge on any atom is 0.122 e. The minimum Gasteiger partial charge on any atom is -0.499 e. The molecule has 1 heterocycles. The normalized spacial score (nSPS) is 8.97. The molecule has 0 spiro atoms. The topological polar surface area (TPSA) is 47.1 Å². The minimum atomic E-state index is 0.801. The van der Waals surface area contributed by atoms with Crippen LogP contribution in [0.15, 0.2) is 43.1 Å². The lowest BCUT2D eigenvalue weighted by atomic mass is 10.1. The van der Waals surface area contributed by atoms with Crippen molar-refractivity contribution >= 4 is 0 Å². The molecule has 1 N–H and O–H groups in total. The lowest BCUT2D eigenvalue weighted by Crippen LogP contribution is -1.97. The molecule has 2 aromatic rings. The number of rotatable bonds is 8. The largest absolute Gasteiger partial charge is 0.499 e. The molecule has 1 aromatic heterocycles. The third-order valence-electron chi connectivity index (χ3n) is 3.60. The molecule has 0 saturated carbocycles. The number of H-pyrrole nitrogens is 1. The van der Waals surface area contributed by atoms with Crippen LogP contribution >= 0.6 is 0 Å². The molecule has 0 radical (unpaired) electrons. The highest BCUT2D eigenvalue weighted by atomic mass is 16.5. The molecule has 0 aliphatic rings. The van der Waals surface area contributed by atoms with Crippen LogP contribution in [-0.4, -0.2) is 23.2 Å². The summed E-state index contributed by atoms with van der Waals surface area (Å²) in [4.78, 5) is 6.81. The number of allylic oxidation sites excluding steroid dienone is 1. The van der Waals surface area contributed by atoms with Crippen LogP contribution < -0.4 is 4.74 Å². The summed E-state index contributed by atoms with van der Waals surface area (Å²) >= 11 is 0. The Morgan fingerprint density at radius 3 is 2.03 bits per heavy atom. The van der Waals surface area contributed by atoms with Crippen molar-refractivity contribution in [3.05, 3.63) is 59.9 Å². The van der Waals surface area contributed by atoms with Crippen molar-refractivity contribution in [2.75, 3.05) is 13.2 Å². The first-order chi connectivity index (χ1) is 14.0. The lowest BCUT2D eigenvalue weighted by molar-refractivity contribution is 0.216. The number of aromatic amines is 1. The van der Waals surface area contributed by atoms with Crippen LogP contribution in [0.1, 0.15) is 78.1 Å². The first-order valence-electron chi connectivity index (χ1n) is 11.0. The number of nitrogens with one attached hydrogen (secondary N) is 1. The Morgan fingerprint density at radius 2 is 1.69 bits per heavy atom. The van der Waals surface area contributed by atoms with E-state index in [1.807, 2.05) is 27.0 Å². The Hall–Kier alpha value is -2.23. The highest BCUT2D eigenvalue weighted by Gasteiger charge is 1.99. The molecule has 0 atom stereocenters. The third kappa shape index (κ3) is 16.4. The van der Waals surface area contributed by atoms with E-state index in [1.54, 1.807) is 6.33 Å². The van der Waals surface area contributed by atoms with Gasteiger partial charge in [0, 0.05) is 11.9 Å². The number of hydrogen-bond acceptors (Lipinski definition) is 3. The molecular weight excluding hydrogens is 360 g/mol. The van der Waals surface area contributed by atoms with E-state index in [0.29, 0.717) is 0 Å². The zero-order valence-corrected chi connectivity index (χ0v) is 20.1. The molecule has 0 bridgehead atoms. The van der Waals surface area contributed by atoms with E-state index in [2.05, 4.69) is 69.4 Å². The fourth-order valence-corrected chi connectivity index (χ4v) is 2.06. The van der Waals surface area contributed by atoms with Crippen molar-refractivity contribution in [1.29, 1.82) is 0 Å². The Balaban J connectivity index is 0. The van der Waals surface area contributed by atoms with Crippen molar-refractivity contribution in [3.63, 3.8) is 0 Å². The molecule has 0 aliphatic carbocycles. The van der Waals surface area contributed by atoms with Crippen molar-refractivity contribution in [2.24, 2.45) is 0 Å². The minimum absolute atomic E-state index is 0.801. The predicted molar refractivity (Wildman–Crippen MR) is 127 cm³/mol. The van der Waals surface area contributed by atoms with E-state index >= 15 is 0 Å². The van der Waals surface area contributed by atoms with Gasteiger partial charge in [-0.25, -0.2) is 4.98 Å². The van der Waals surface area contributed by atoms with Crippen LogP contribution in [0.3, 0.4) is 0 Å². The fourth-order valence-electron chi connectivity index (χ4n) is 2.06. The standard InChI is InChI=1S/C12H18O.C6H12O.C5H8N2.C2H6/c1-4-8-13-12-7-6-11(5-2)9-10(12)3;1-4-5-7-6(2)3;1-2-5-3-6-4-7-5;1-2/h6-7,9H,4-5,8H2,1-3H3;2,4-5H2,1,3H3;3-4H,2H2,1H3,(H,6,7);1-2H3. The summed E-state index contributed by atoms with van der Waals surface area (Å²) in [5.41, 5.74) is 3.81. The smallest absolute Gasteiger partial charge is 0.122 e. The van der Waals surface area contributed by atoms with Crippen LogP contribution in [0.25, 0.3) is 0 Å². The maximum absolute atomic E-state index is 5.59. The van der Waals surface area contributed by atoms with Crippen molar-refractivity contribution in [3.8, 4) is 5.75 Å². The molecule has 4 nitrogen and oxygen atoms in total. The van der Waals surface area contributed by atoms with Crippen LogP contribution in [-0.2, 0) is 17.6 Å². The van der Waals surface area contributed by atoms with E-state index in [4.69, 9.17) is 9.47 Å². The monoisotopic (exact) mass is 404 g/mol. The first-order valence-corrected chi connectivity index (χ1v) is 11.0. The van der Waals surface area contributed by atoms with Gasteiger partial charge in [-0.2, -0.15) is 0 Å². The number of ether oxygens (including phenoxy) is 2. The second kappa shape index (κ2) is 20.5. The van der Waals surface area contributed by atoms with Gasteiger partial charge in [0.05, 0.1) is 25.3 Å². The van der Waals surface area contributed by atoms with Crippen LogP contribution in [0.4, 0.5) is 0 Å². The quantitative estimate of drug-likeness (QED) is 0.470. The molecule has 0 aliphatic heterocycles. The molecule has 0 fully saturated rings.